The van der Waals surface area contributed by atoms with Crippen molar-refractivity contribution in [3.8, 4) is 0 Å². The van der Waals surface area contributed by atoms with Crippen molar-refractivity contribution in [2.24, 2.45) is 0 Å². The molecule has 1 aliphatic rings. The Balaban J connectivity index is 2.20. The van der Waals surface area contributed by atoms with Crippen molar-refractivity contribution in [3.63, 3.8) is 0 Å². The van der Waals surface area contributed by atoms with Gasteiger partial charge >= 0.3 is 11.9 Å². The fraction of sp³-hybridized carbons (Fsp3) is 0.882. The van der Waals surface area contributed by atoms with E-state index in [2.05, 4.69) is 0 Å². The van der Waals surface area contributed by atoms with Gasteiger partial charge in [0.05, 0.1) is 0 Å². The second kappa shape index (κ2) is 12.7. The summed E-state index contributed by atoms with van der Waals surface area (Å²) in [6, 6.07) is 0. The Bertz CT molecular complexity index is 261. The van der Waals surface area contributed by atoms with Crippen molar-refractivity contribution in [1.29, 1.82) is 0 Å². The van der Waals surface area contributed by atoms with Crippen LogP contribution in [0.1, 0.15) is 83.5 Å². The number of ether oxygens (including phenoxy) is 2. The molecule has 21 heavy (non-hydrogen) atoms. The summed E-state index contributed by atoms with van der Waals surface area (Å²) in [5, 5.41) is 0. The Morgan fingerprint density at radius 2 is 0.762 bits per heavy atom. The first-order chi connectivity index (χ1) is 10.3. The van der Waals surface area contributed by atoms with E-state index < -0.39 is 0 Å². The van der Waals surface area contributed by atoms with Gasteiger partial charge in [-0.3, -0.25) is 9.59 Å². The minimum atomic E-state index is -0.177. The summed E-state index contributed by atoms with van der Waals surface area (Å²) in [4.78, 5) is 22.9. The number of carbonyl (C=O) groups excluding carboxylic acids is 2. The molecule has 0 radical (unpaired) electrons. The maximum absolute atomic E-state index is 11.4. The fourth-order valence-corrected chi connectivity index (χ4v) is 2.59. The van der Waals surface area contributed by atoms with Crippen LogP contribution in [0.4, 0.5) is 0 Å². The van der Waals surface area contributed by atoms with E-state index in [-0.39, 0.29) is 25.2 Å². The smallest absolute Gasteiger partial charge is 0.305 e. The van der Waals surface area contributed by atoms with Crippen LogP contribution in [0.3, 0.4) is 0 Å². The molecule has 0 aromatic rings. The summed E-state index contributed by atoms with van der Waals surface area (Å²) in [6.45, 7) is 0.370. The van der Waals surface area contributed by atoms with E-state index >= 15 is 0 Å². The van der Waals surface area contributed by atoms with Gasteiger partial charge in [0.25, 0.3) is 0 Å². The maximum Gasteiger partial charge on any atom is 0.305 e. The lowest BCUT2D eigenvalue weighted by Crippen LogP contribution is -2.13. The predicted octanol–water partition coefficient (Wildman–Crippen LogP) is 4.16. The summed E-state index contributed by atoms with van der Waals surface area (Å²) in [5.74, 6) is -0.354. The molecule has 0 aromatic heterocycles. The first-order valence-corrected chi connectivity index (χ1v) is 8.60. The van der Waals surface area contributed by atoms with Crippen LogP contribution in [0.25, 0.3) is 0 Å². The molecule has 0 N–H and O–H groups in total. The van der Waals surface area contributed by atoms with E-state index in [1.54, 1.807) is 0 Å². The summed E-state index contributed by atoms with van der Waals surface area (Å²) in [6.07, 6.45) is 13.9. The van der Waals surface area contributed by atoms with Gasteiger partial charge in [-0.25, -0.2) is 0 Å². The van der Waals surface area contributed by atoms with Gasteiger partial charge < -0.3 is 9.47 Å². The number of hydrogen-bond donors (Lipinski definition) is 0. The van der Waals surface area contributed by atoms with E-state index in [1.807, 2.05) is 0 Å². The van der Waals surface area contributed by atoms with Crippen LogP contribution in [0, 0.1) is 0 Å². The van der Waals surface area contributed by atoms with E-state index in [9.17, 15) is 9.59 Å². The van der Waals surface area contributed by atoms with Crippen molar-refractivity contribution in [2.75, 3.05) is 13.2 Å². The Labute approximate surface area is 128 Å². The molecule has 122 valence electrons. The summed E-state index contributed by atoms with van der Waals surface area (Å²) < 4.78 is 10.1. The minimum absolute atomic E-state index is 0.177. The second-order valence-corrected chi connectivity index (χ2v) is 5.83. The first kappa shape index (κ1) is 18.0. The number of carbonyl (C=O) groups is 2. The van der Waals surface area contributed by atoms with Gasteiger partial charge in [0.2, 0.25) is 0 Å². The third-order valence-electron chi connectivity index (χ3n) is 3.87. The second-order valence-electron chi connectivity index (χ2n) is 5.83. The molecular weight excluding hydrogens is 268 g/mol. The molecule has 0 aliphatic carbocycles. The van der Waals surface area contributed by atoms with Crippen molar-refractivity contribution >= 4 is 11.9 Å². The zero-order valence-corrected chi connectivity index (χ0v) is 13.2. The molecule has 1 aliphatic heterocycles. The topological polar surface area (TPSA) is 52.6 Å². The highest BCUT2D eigenvalue weighted by Gasteiger charge is 2.06. The van der Waals surface area contributed by atoms with Gasteiger partial charge in [0.1, 0.15) is 13.2 Å². The van der Waals surface area contributed by atoms with Crippen LogP contribution < -0.4 is 0 Å². The normalized spacial score (nSPS) is 22.3. The molecule has 1 heterocycles. The van der Waals surface area contributed by atoms with Crippen LogP contribution in [-0.4, -0.2) is 25.2 Å². The average molecular weight is 298 g/mol. The Morgan fingerprint density at radius 3 is 1.10 bits per heavy atom. The third-order valence-corrected chi connectivity index (χ3v) is 3.87. The summed E-state index contributed by atoms with van der Waals surface area (Å²) >= 11 is 0. The molecule has 4 heteroatoms. The zero-order chi connectivity index (χ0) is 15.2. The third kappa shape index (κ3) is 11.3. The number of hydrogen-bond acceptors (Lipinski definition) is 4. The minimum Gasteiger partial charge on any atom is -0.462 e. The standard InChI is InChI=1S/C17H30O4/c18-16-12-10-8-6-4-2-1-3-5-7-9-11-13-17(19)21-15-14-20-16/h1-15H2. The Kier molecular flexibility index (Phi) is 10.8. The molecule has 0 amide bonds. The first-order valence-electron chi connectivity index (χ1n) is 8.60. The lowest BCUT2D eigenvalue weighted by molar-refractivity contribution is -0.152. The quantitative estimate of drug-likeness (QED) is 0.630. The monoisotopic (exact) mass is 298 g/mol. The number of rotatable bonds is 0. The Morgan fingerprint density at radius 1 is 0.476 bits per heavy atom. The molecule has 0 spiro atoms. The summed E-state index contributed by atoms with van der Waals surface area (Å²) in [5.41, 5.74) is 0. The lowest BCUT2D eigenvalue weighted by atomic mass is 10.0. The molecule has 4 nitrogen and oxygen atoms in total. The van der Waals surface area contributed by atoms with Gasteiger partial charge in [0, 0.05) is 12.8 Å². The van der Waals surface area contributed by atoms with Gasteiger partial charge in [-0.05, 0) is 12.8 Å². The highest BCUT2D eigenvalue weighted by Crippen LogP contribution is 2.13. The Hall–Kier alpha value is -1.06. The fourth-order valence-electron chi connectivity index (χ4n) is 2.59. The maximum atomic E-state index is 11.4. The van der Waals surface area contributed by atoms with Gasteiger partial charge in [-0.15, -0.1) is 0 Å². The molecule has 0 unspecified atom stereocenters. The number of esters is 2. The molecule has 0 saturated carbocycles. The molecule has 0 atom stereocenters. The SMILES string of the molecule is O=C1CCCCCCCCCCCCCC(=O)OCCO1. The lowest BCUT2D eigenvalue weighted by Gasteiger charge is -2.06. The molecule has 0 aromatic carbocycles. The van der Waals surface area contributed by atoms with Crippen molar-refractivity contribution < 1.29 is 19.1 Å². The van der Waals surface area contributed by atoms with Crippen LogP contribution in [-0.2, 0) is 19.1 Å². The van der Waals surface area contributed by atoms with Crippen molar-refractivity contribution in [1.82, 2.24) is 0 Å². The van der Waals surface area contributed by atoms with Crippen molar-refractivity contribution in [3.05, 3.63) is 0 Å². The molecular formula is C17H30O4. The van der Waals surface area contributed by atoms with Gasteiger partial charge in [-0.2, -0.15) is 0 Å². The number of cyclic esters (lactones) is 2. The molecule has 1 fully saturated rings. The van der Waals surface area contributed by atoms with E-state index in [1.165, 1.54) is 44.9 Å². The highest BCUT2D eigenvalue weighted by molar-refractivity contribution is 5.70. The molecule has 1 saturated heterocycles. The average Bonchev–Trinajstić information content (AvgIpc) is 2.47. The van der Waals surface area contributed by atoms with Gasteiger partial charge in [0.15, 0.2) is 0 Å². The molecule has 0 bridgehead atoms. The van der Waals surface area contributed by atoms with Crippen LogP contribution in [0.15, 0.2) is 0 Å². The zero-order valence-electron chi connectivity index (χ0n) is 13.2. The van der Waals surface area contributed by atoms with E-state index in [4.69, 9.17) is 9.47 Å². The molecule has 1 rings (SSSR count). The largest absolute Gasteiger partial charge is 0.462 e. The predicted molar refractivity (Wildman–Crippen MR) is 81.9 cm³/mol. The van der Waals surface area contributed by atoms with Gasteiger partial charge in [-0.1, -0.05) is 57.8 Å². The van der Waals surface area contributed by atoms with Crippen LogP contribution in [0.2, 0.25) is 0 Å². The van der Waals surface area contributed by atoms with Crippen LogP contribution in [0.5, 0.6) is 0 Å². The van der Waals surface area contributed by atoms with E-state index in [0.29, 0.717) is 12.8 Å². The van der Waals surface area contributed by atoms with E-state index in [0.717, 1.165) is 25.7 Å². The van der Waals surface area contributed by atoms with Crippen molar-refractivity contribution in [2.45, 2.75) is 83.5 Å². The van der Waals surface area contributed by atoms with Crippen LogP contribution >= 0.6 is 0 Å². The summed E-state index contributed by atoms with van der Waals surface area (Å²) in [7, 11) is 0. The highest BCUT2D eigenvalue weighted by atomic mass is 16.6.